The molecule has 0 spiro atoms. The fourth-order valence-electron chi connectivity index (χ4n) is 2.96. The number of carbonyl (C=O) groups excluding carboxylic acids is 1. The zero-order valence-corrected chi connectivity index (χ0v) is 11.6. The predicted octanol–water partition coefficient (Wildman–Crippen LogP) is 3.86. The molecule has 3 rings (SSSR count). The molecule has 0 amide bonds. The molecule has 1 aromatic heterocycles. The number of hydrogen-bond donors (Lipinski definition) is 1. The maximum atomic E-state index is 11.1. The van der Waals surface area contributed by atoms with Gasteiger partial charge in [0.25, 0.3) is 0 Å². The lowest BCUT2D eigenvalue weighted by Gasteiger charge is -2.13. The Bertz CT molecular complexity index is 560. The molecule has 0 radical (unpaired) electrons. The van der Waals surface area contributed by atoms with E-state index in [1.54, 1.807) is 0 Å². The highest BCUT2D eigenvalue weighted by molar-refractivity contribution is 14.1. The number of halogens is 1. The Hall–Kier alpha value is -0.840. The van der Waals surface area contributed by atoms with Crippen molar-refractivity contribution in [3.63, 3.8) is 0 Å². The Kier molecular flexibility index (Phi) is 2.94. The number of nitrogens with one attached hydrogen (secondary N) is 1. The molecule has 2 atom stereocenters. The third-order valence-corrected chi connectivity index (χ3v) is 4.49. The molecule has 1 fully saturated rings. The smallest absolute Gasteiger partial charge is 0.123 e. The van der Waals surface area contributed by atoms with E-state index >= 15 is 0 Å². The first-order valence-corrected chi connectivity index (χ1v) is 7.09. The van der Waals surface area contributed by atoms with Gasteiger partial charge in [0.1, 0.15) is 6.29 Å². The highest BCUT2D eigenvalue weighted by Gasteiger charge is 2.29. The monoisotopic (exact) mass is 339 g/mol. The number of H-pyrrole nitrogens is 1. The summed E-state index contributed by atoms with van der Waals surface area (Å²) in [6.45, 7) is 0. The number of carbonyl (C=O) groups is 1. The van der Waals surface area contributed by atoms with E-state index in [2.05, 4.69) is 52.0 Å². The Morgan fingerprint density at radius 2 is 2.24 bits per heavy atom. The number of benzene rings is 1. The predicted molar refractivity (Wildman–Crippen MR) is 77.2 cm³/mol. The van der Waals surface area contributed by atoms with E-state index in [0.29, 0.717) is 5.92 Å². The van der Waals surface area contributed by atoms with Gasteiger partial charge in [-0.1, -0.05) is 6.42 Å². The molecule has 0 bridgehead atoms. The van der Waals surface area contributed by atoms with Gasteiger partial charge in [-0.2, -0.15) is 0 Å². The van der Waals surface area contributed by atoms with Crippen LogP contribution in [0.15, 0.2) is 24.4 Å². The zero-order valence-electron chi connectivity index (χ0n) is 9.45. The van der Waals surface area contributed by atoms with Crippen LogP contribution in [0.5, 0.6) is 0 Å². The molecule has 88 valence electrons. The second kappa shape index (κ2) is 4.44. The molecule has 1 saturated carbocycles. The largest absolute Gasteiger partial charge is 0.361 e. The average molecular weight is 339 g/mol. The quantitative estimate of drug-likeness (QED) is 0.654. The van der Waals surface area contributed by atoms with Gasteiger partial charge in [-0.3, -0.25) is 0 Å². The molecule has 0 saturated heterocycles. The van der Waals surface area contributed by atoms with Crippen molar-refractivity contribution in [2.45, 2.75) is 25.2 Å². The highest BCUT2D eigenvalue weighted by atomic mass is 127. The summed E-state index contributed by atoms with van der Waals surface area (Å²) in [6.07, 6.45) is 6.59. The van der Waals surface area contributed by atoms with E-state index in [1.807, 2.05) is 0 Å². The topological polar surface area (TPSA) is 32.9 Å². The Morgan fingerprint density at radius 3 is 3.06 bits per heavy atom. The van der Waals surface area contributed by atoms with Crippen molar-refractivity contribution < 1.29 is 4.79 Å². The molecule has 3 heteroatoms. The molecule has 0 aliphatic heterocycles. The molecular weight excluding hydrogens is 325 g/mol. The summed E-state index contributed by atoms with van der Waals surface area (Å²) in [7, 11) is 0. The van der Waals surface area contributed by atoms with Crippen LogP contribution in [-0.2, 0) is 4.79 Å². The van der Waals surface area contributed by atoms with Crippen molar-refractivity contribution in [2.24, 2.45) is 5.92 Å². The van der Waals surface area contributed by atoms with Crippen LogP contribution >= 0.6 is 22.6 Å². The maximum absolute atomic E-state index is 11.1. The van der Waals surface area contributed by atoms with Crippen LogP contribution in [0.4, 0.5) is 0 Å². The standard InChI is InChI=1S/C14H14INO/c15-10-4-5-14-12(6-10)13(7-16-14)11-3-1-2-9(11)8-17/h4-9,11,16H,1-3H2/t9-,11+/m1/s1. The molecule has 1 heterocycles. The lowest BCUT2D eigenvalue weighted by Crippen LogP contribution is -2.06. The number of hydrogen-bond acceptors (Lipinski definition) is 1. The summed E-state index contributed by atoms with van der Waals surface area (Å²) in [5.74, 6) is 0.631. The number of aromatic nitrogens is 1. The summed E-state index contributed by atoms with van der Waals surface area (Å²) in [4.78, 5) is 14.4. The molecule has 1 aromatic carbocycles. The first kappa shape index (κ1) is 11.3. The summed E-state index contributed by atoms with van der Waals surface area (Å²) in [5, 5.41) is 1.29. The molecular formula is C14H14INO. The number of fused-ring (bicyclic) bond motifs is 1. The normalized spacial score (nSPS) is 24.3. The van der Waals surface area contributed by atoms with Crippen molar-refractivity contribution >= 4 is 39.8 Å². The van der Waals surface area contributed by atoms with Crippen LogP contribution in [0, 0.1) is 9.49 Å². The van der Waals surface area contributed by atoms with Crippen molar-refractivity contribution in [1.82, 2.24) is 4.98 Å². The van der Waals surface area contributed by atoms with Gasteiger partial charge in [0.05, 0.1) is 0 Å². The molecule has 17 heavy (non-hydrogen) atoms. The van der Waals surface area contributed by atoms with Crippen molar-refractivity contribution in [3.05, 3.63) is 33.5 Å². The summed E-state index contributed by atoms with van der Waals surface area (Å²) in [5.41, 5.74) is 2.50. The average Bonchev–Trinajstić information content (AvgIpc) is 2.93. The Labute approximate surface area is 114 Å². The highest BCUT2D eigenvalue weighted by Crippen LogP contribution is 2.41. The van der Waals surface area contributed by atoms with E-state index in [-0.39, 0.29) is 5.92 Å². The molecule has 0 unspecified atom stereocenters. The fraction of sp³-hybridized carbons (Fsp3) is 0.357. The third-order valence-electron chi connectivity index (χ3n) is 3.82. The summed E-state index contributed by atoms with van der Waals surface area (Å²) < 4.78 is 1.25. The van der Waals surface area contributed by atoms with Crippen molar-refractivity contribution in [2.75, 3.05) is 0 Å². The minimum absolute atomic E-state index is 0.215. The third kappa shape index (κ3) is 1.90. The van der Waals surface area contributed by atoms with Gasteiger partial charge in [0.15, 0.2) is 0 Å². The Morgan fingerprint density at radius 1 is 1.35 bits per heavy atom. The second-order valence-corrected chi connectivity index (χ2v) is 6.02. The molecule has 1 N–H and O–H groups in total. The van der Waals surface area contributed by atoms with Gasteiger partial charge in [-0.25, -0.2) is 0 Å². The number of aromatic amines is 1. The zero-order chi connectivity index (χ0) is 11.8. The molecule has 1 aliphatic carbocycles. The number of aldehydes is 1. The lowest BCUT2D eigenvalue weighted by molar-refractivity contribution is -0.111. The van der Waals surface area contributed by atoms with Gasteiger partial charge in [-0.15, -0.1) is 0 Å². The van der Waals surface area contributed by atoms with Gasteiger partial charge in [-0.05, 0) is 65.1 Å². The first-order chi connectivity index (χ1) is 8.29. The van der Waals surface area contributed by atoms with Crippen LogP contribution in [0.25, 0.3) is 10.9 Å². The van der Waals surface area contributed by atoms with E-state index < -0.39 is 0 Å². The minimum Gasteiger partial charge on any atom is -0.361 e. The van der Waals surface area contributed by atoms with Gasteiger partial charge >= 0.3 is 0 Å². The first-order valence-electron chi connectivity index (χ1n) is 6.01. The van der Waals surface area contributed by atoms with E-state index in [4.69, 9.17) is 0 Å². The van der Waals surface area contributed by atoms with Gasteiger partial charge < -0.3 is 9.78 Å². The van der Waals surface area contributed by atoms with Crippen LogP contribution in [0.2, 0.25) is 0 Å². The van der Waals surface area contributed by atoms with Crippen molar-refractivity contribution in [1.29, 1.82) is 0 Å². The maximum Gasteiger partial charge on any atom is 0.123 e. The van der Waals surface area contributed by atoms with Crippen LogP contribution in [-0.4, -0.2) is 11.3 Å². The van der Waals surface area contributed by atoms with Crippen LogP contribution in [0.1, 0.15) is 30.7 Å². The van der Waals surface area contributed by atoms with E-state index in [0.717, 1.165) is 19.1 Å². The minimum atomic E-state index is 0.215. The van der Waals surface area contributed by atoms with E-state index in [1.165, 1.54) is 26.5 Å². The molecule has 2 nitrogen and oxygen atoms in total. The van der Waals surface area contributed by atoms with Crippen molar-refractivity contribution in [3.8, 4) is 0 Å². The summed E-state index contributed by atoms with van der Waals surface area (Å²) >= 11 is 2.34. The second-order valence-electron chi connectivity index (χ2n) is 4.77. The SMILES string of the molecule is O=C[C@H]1CCC[C@@H]1c1c[nH]c2ccc(I)cc12. The molecule has 2 aromatic rings. The Balaban J connectivity index is 2.10. The summed E-state index contributed by atoms with van der Waals surface area (Å²) in [6, 6.07) is 6.43. The number of rotatable bonds is 2. The van der Waals surface area contributed by atoms with Crippen LogP contribution < -0.4 is 0 Å². The van der Waals surface area contributed by atoms with Crippen LogP contribution in [0.3, 0.4) is 0 Å². The fourth-order valence-corrected chi connectivity index (χ4v) is 3.45. The molecule has 1 aliphatic rings. The van der Waals surface area contributed by atoms with E-state index in [9.17, 15) is 4.79 Å². The van der Waals surface area contributed by atoms with Gasteiger partial charge in [0.2, 0.25) is 0 Å². The lowest BCUT2D eigenvalue weighted by atomic mass is 9.90. The van der Waals surface area contributed by atoms with Gasteiger partial charge in [0, 0.05) is 26.6 Å².